The van der Waals surface area contributed by atoms with Crippen LogP contribution in [0.15, 0.2) is 18.2 Å². The first kappa shape index (κ1) is 12.3. The zero-order valence-electron chi connectivity index (χ0n) is 9.10. The van der Waals surface area contributed by atoms with Gasteiger partial charge >= 0.3 is 0 Å². The highest BCUT2D eigenvalue weighted by Crippen LogP contribution is 2.24. The Hall–Kier alpha value is -1.75. The number of amides is 1. The average molecular weight is 224 g/mol. The number of hydrogen-bond donors (Lipinski definition) is 4. The molecule has 0 aliphatic rings. The van der Waals surface area contributed by atoms with Crippen molar-refractivity contribution in [1.29, 1.82) is 0 Å². The zero-order valence-corrected chi connectivity index (χ0v) is 9.10. The number of aromatic hydroxyl groups is 2. The van der Waals surface area contributed by atoms with Crippen molar-refractivity contribution in [3.8, 4) is 11.5 Å². The second-order valence-corrected chi connectivity index (χ2v) is 3.78. The highest BCUT2D eigenvalue weighted by atomic mass is 16.3. The smallest absolute Gasteiger partial charge is 0.218 e. The number of carbonyl (C=O) groups is 1. The monoisotopic (exact) mass is 224 g/mol. The average Bonchev–Trinajstić information content (AvgIpc) is 2.19. The van der Waals surface area contributed by atoms with E-state index in [1.165, 1.54) is 12.1 Å². The fourth-order valence-electron chi connectivity index (χ4n) is 1.35. The van der Waals surface area contributed by atoms with Crippen molar-refractivity contribution in [1.82, 2.24) is 5.32 Å². The SMILES string of the molecule is CC(CC(N)=O)NCc1ccc(O)c(O)c1. The molecule has 0 aliphatic carbocycles. The maximum absolute atomic E-state index is 10.6. The first-order chi connectivity index (χ1) is 7.49. The minimum Gasteiger partial charge on any atom is -0.504 e. The lowest BCUT2D eigenvalue weighted by molar-refractivity contribution is -0.118. The van der Waals surface area contributed by atoms with Crippen molar-refractivity contribution in [3.63, 3.8) is 0 Å². The number of benzene rings is 1. The van der Waals surface area contributed by atoms with Crippen LogP contribution in [0.1, 0.15) is 18.9 Å². The third kappa shape index (κ3) is 3.78. The van der Waals surface area contributed by atoms with Gasteiger partial charge in [0.2, 0.25) is 5.91 Å². The van der Waals surface area contributed by atoms with Crippen LogP contribution >= 0.6 is 0 Å². The van der Waals surface area contributed by atoms with Crippen LogP contribution in [-0.2, 0) is 11.3 Å². The third-order valence-corrected chi connectivity index (χ3v) is 2.20. The van der Waals surface area contributed by atoms with Crippen molar-refractivity contribution in [2.24, 2.45) is 5.73 Å². The molecule has 1 amide bonds. The number of nitrogens with two attached hydrogens (primary N) is 1. The molecule has 5 N–H and O–H groups in total. The van der Waals surface area contributed by atoms with E-state index in [0.29, 0.717) is 6.54 Å². The van der Waals surface area contributed by atoms with Gasteiger partial charge in [0.1, 0.15) is 0 Å². The van der Waals surface area contributed by atoms with Crippen LogP contribution in [0.4, 0.5) is 0 Å². The van der Waals surface area contributed by atoms with Crippen LogP contribution < -0.4 is 11.1 Å². The van der Waals surface area contributed by atoms with Gasteiger partial charge in [-0.15, -0.1) is 0 Å². The number of primary amides is 1. The highest BCUT2D eigenvalue weighted by Gasteiger charge is 2.06. The Morgan fingerprint density at radius 2 is 2.12 bits per heavy atom. The molecule has 1 aromatic rings. The fraction of sp³-hybridized carbons (Fsp3) is 0.364. The molecule has 0 radical (unpaired) electrons. The molecule has 5 nitrogen and oxygen atoms in total. The molecular weight excluding hydrogens is 208 g/mol. The lowest BCUT2D eigenvalue weighted by Gasteiger charge is -2.12. The van der Waals surface area contributed by atoms with Crippen LogP contribution in [-0.4, -0.2) is 22.2 Å². The quantitative estimate of drug-likeness (QED) is 0.546. The summed E-state index contributed by atoms with van der Waals surface area (Å²) in [6, 6.07) is 4.57. The molecular formula is C11H16N2O3. The Balaban J connectivity index is 2.48. The van der Waals surface area contributed by atoms with Crippen molar-refractivity contribution >= 4 is 5.91 Å². The second-order valence-electron chi connectivity index (χ2n) is 3.78. The number of phenols is 2. The lowest BCUT2D eigenvalue weighted by atomic mass is 10.1. The minimum absolute atomic E-state index is 0.0200. The first-order valence-electron chi connectivity index (χ1n) is 5.01. The van der Waals surface area contributed by atoms with Gasteiger partial charge in [0.15, 0.2) is 11.5 Å². The van der Waals surface area contributed by atoms with Crippen molar-refractivity contribution < 1.29 is 15.0 Å². The van der Waals surface area contributed by atoms with E-state index in [0.717, 1.165) is 5.56 Å². The van der Waals surface area contributed by atoms with E-state index in [-0.39, 0.29) is 29.9 Å². The minimum atomic E-state index is -0.353. The van der Waals surface area contributed by atoms with Gasteiger partial charge < -0.3 is 21.3 Å². The van der Waals surface area contributed by atoms with Crippen LogP contribution in [0.3, 0.4) is 0 Å². The van der Waals surface area contributed by atoms with E-state index in [9.17, 15) is 9.90 Å². The summed E-state index contributed by atoms with van der Waals surface area (Å²) in [6.45, 7) is 2.35. The summed E-state index contributed by atoms with van der Waals surface area (Å²) in [6.07, 6.45) is 0.268. The summed E-state index contributed by atoms with van der Waals surface area (Å²) >= 11 is 0. The van der Waals surface area contributed by atoms with Crippen LogP contribution in [0, 0.1) is 0 Å². The Morgan fingerprint density at radius 1 is 1.44 bits per heavy atom. The Labute approximate surface area is 93.9 Å². The summed E-state index contributed by atoms with van der Waals surface area (Å²) in [7, 11) is 0. The summed E-state index contributed by atoms with van der Waals surface area (Å²) in [5.41, 5.74) is 5.88. The van der Waals surface area contributed by atoms with Crippen LogP contribution in [0.25, 0.3) is 0 Å². The van der Waals surface area contributed by atoms with Crippen molar-refractivity contribution in [3.05, 3.63) is 23.8 Å². The van der Waals surface area contributed by atoms with Gasteiger partial charge in [-0.05, 0) is 24.6 Å². The Bertz CT molecular complexity index is 379. The standard InChI is InChI=1S/C11H16N2O3/c1-7(4-11(12)16)13-6-8-2-3-9(14)10(15)5-8/h2-3,5,7,13-15H,4,6H2,1H3,(H2,12,16). The number of phenolic OH excluding ortho intramolecular Hbond substituents is 2. The van der Waals surface area contributed by atoms with E-state index in [2.05, 4.69) is 5.32 Å². The largest absolute Gasteiger partial charge is 0.504 e. The van der Waals surface area contributed by atoms with E-state index in [1.54, 1.807) is 6.07 Å². The van der Waals surface area contributed by atoms with Gasteiger partial charge in [-0.2, -0.15) is 0 Å². The summed E-state index contributed by atoms with van der Waals surface area (Å²) in [5.74, 6) is -0.649. The number of hydrogen-bond acceptors (Lipinski definition) is 4. The molecule has 88 valence electrons. The van der Waals surface area contributed by atoms with E-state index < -0.39 is 0 Å². The number of rotatable bonds is 5. The van der Waals surface area contributed by atoms with Crippen molar-refractivity contribution in [2.45, 2.75) is 25.9 Å². The number of nitrogens with one attached hydrogen (secondary N) is 1. The topological polar surface area (TPSA) is 95.6 Å². The van der Waals surface area contributed by atoms with Gasteiger partial charge in [0.05, 0.1) is 0 Å². The second kappa shape index (κ2) is 5.37. The molecule has 0 aliphatic heterocycles. The molecule has 0 heterocycles. The Kier molecular flexibility index (Phi) is 4.13. The summed E-state index contributed by atoms with van der Waals surface area (Å²) in [4.78, 5) is 10.6. The predicted molar refractivity (Wildman–Crippen MR) is 59.9 cm³/mol. The molecule has 0 aromatic heterocycles. The maximum atomic E-state index is 10.6. The van der Waals surface area contributed by atoms with E-state index >= 15 is 0 Å². The molecule has 1 unspecified atom stereocenters. The van der Waals surface area contributed by atoms with Crippen LogP contribution in [0.2, 0.25) is 0 Å². The predicted octanol–water partition coefficient (Wildman–Crippen LogP) is 0.451. The van der Waals surface area contributed by atoms with Crippen molar-refractivity contribution in [2.75, 3.05) is 0 Å². The van der Waals surface area contributed by atoms with Gasteiger partial charge in [-0.3, -0.25) is 4.79 Å². The van der Waals surface area contributed by atoms with Gasteiger partial charge in [-0.1, -0.05) is 6.07 Å². The fourth-order valence-corrected chi connectivity index (χ4v) is 1.35. The maximum Gasteiger partial charge on any atom is 0.218 e. The third-order valence-electron chi connectivity index (χ3n) is 2.20. The van der Waals surface area contributed by atoms with Gasteiger partial charge in [0, 0.05) is 19.0 Å². The lowest BCUT2D eigenvalue weighted by Crippen LogP contribution is -2.30. The zero-order chi connectivity index (χ0) is 12.1. The normalized spacial score (nSPS) is 12.3. The molecule has 0 saturated heterocycles. The van der Waals surface area contributed by atoms with Gasteiger partial charge in [-0.25, -0.2) is 0 Å². The molecule has 1 aromatic carbocycles. The molecule has 0 bridgehead atoms. The first-order valence-corrected chi connectivity index (χ1v) is 5.01. The molecule has 1 atom stereocenters. The molecule has 0 spiro atoms. The molecule has 0 saturated carbocycles. The summed E-state index contributed by atoms with van der Waals surface area (Å²) < 4.78 is 0. The van der Waals surface area contributed by atoms with Crippen LogP contribution in [0.5, 0.6) is 11.5 Å². The van der Waals surface area contributed by atoms with E-state index in [1.807, 2.05) is 6.92 Å². The highest BCUT2D eigenvalue weighted by molar-refractivity contribution is 5.74. The molecule has 5 heteroatoms. The number of carbonyl (C=O) groups excluding carboxylic acids is 1. The van der Waals surface area contributed by atoms with E-state index in [4.69, 9.17) is 10.8 Å². The van der Waals surface area contributed by atoms with Gasteiger partial charge in [0.25, 0.3) is 0 Å². The molecule has 0 fully saturated rings. The Morgan fingerprint density at radius 3 is 2.69 bits per heavy atom. The molecule has 16 heavy (non-hydrogen) atoms. The molecule has 1 rings (SSSR count). The summed E-state index contributed by atoms with van der Waals surface area (Å²) in [5, 5.41) is 21.5.